The molecule has 0 aliphatic carbocycles. The number of benzene rings is 2. The molecule has 36 heavy (non-hydrogen) atoms. The second kappa shape index (κ2) is 13.0. The number of hydrogen-bond acceptors (Lipinski definition) is 2. The van der Waals surface area contributed by atoms with E-state index in [9.17, 15) is 0 Å². The number of hydrogen-bond donors (Lipinski definition) is 0. The van der Waals surface area contributed by atoms with Crippen molar-refractivity contribution in [2.75, 3.05) is 0 Å². The third kappa shape index (κ3) is 9.59. The van der Waals surface area contributed by atoms with Crippen LogP contribution in [0.15, 0.2) is 36.4 Å². The first kappa shape index (κ1) is 32.8. The van der Waals surface area contributed by atoms with Crippen LogP contribution in [0, 0.1) is 13.8 Å². The van der Waals surface area contributed by atoms with Crippen LogP contribution in [0.2, 0.25) is 36.3 Å². The summed E-state index contributed by atoms with van der Waals surface area (Å²) in [5.74, 6) is 0. The molecule has 0 aliphatic heterocycles. The molecule has 0 saturated heterocycles. The molecule has 0 atom stereocenters. The summed E-state index contributed by atoms with van der Waals surface area (Å²) in [5.41, 5.74) is 8.21. The normalized spacial score (nSPS) is 12.8. The molecule has 4 heteroatoms. The maximum Gasteiger partial charge on any atom is 0.192 e. The topological polar surface area (TPSA) is 18.5 Å². The summed E-state index contributed by atoms with van der Waals surface area (Å²) in [7, 11) is -3.26. The molecule has 2 rings (SSSR count). The van der Waals surface area contributed by atoms with E-state index in [2.05, 4.69) is 132 Å². The fourth-order valence-electron chi connectivity index (χ4n) is 3.34. The van der Waals surface area contributed by atoms with Crippen molar-refractivity contribution >= 4 is 16.6 Å². The molecular formula is C32H56O2Si2. The average molecular weight is 529 g/mol. The van der Waals surface area contributed by atoms with Crippen molar-refractivity contribution in [2.24, 2.45) is 0 Å². The van der Waals surface area contributed by atoms with Crippen molar-refractivity contribution in [3.63, 3.8) is 0 Å². The molecule has 2 nitrogen and oxygen atoms in total. The quantitative estimate of drug-likeness (QED) is 0.317. The highest BCUT2D eigenvalue weighted by Gasteiger charge is 2.37. The Morgan fingerprint density at radius 3 is 1.42 bits per heavy atom. The highest BCUT2D eigenvalue weighted by atomic mass is 28.4. The Labute approximate surface area is 226 Å². The van der Waals surface area contributed by atoms with E-state index in [0.29, 0.717) is 0 Å². The lowest BCUT2D eigenvalue weighted by atomic mass is 10.0. The third-order valence-electron chi connectivity index (χ3n) is 8.40. The predicted octanol–water partition coefficient (Wildman–Crippen LogP) is 10.2. The van der Waals surface area contributed by atoms with Gasteiger partial charge in [0, 0.05) is 0 Å². The van der Waals surface area contributed by atoms with E-state index in [0.717, 1.165) is 26.1 Å². The lowest BCUT2D eigenvalue weighted by Crippen LogP contribution is -2.40. The average Bonchev–Trinajstić information content (AvgIpc) is 2.76. The van der Waals surface area contributed by atoms with Gasteiger partial charge in [-0.05, 0) is 96.3 Å². The van der Waals surface area contributed by atoms with Crippen LogP contribution in [-0.4, -0.2) is 16.6 Å². The van der Waals surface area contributed by atoms with E-state index in [1.165, 1.54) is 33.4 Å². The fraction of sp³-hybridized carbons (Fsp3) is 0.625. The van der Waals surface area contributed by atoms with Gasteiger partial charge < -0.3 is 8.85 Å². The lowest BCUT2D eigenvalue weighted by Gasteiger charge is -2.36. The third-order valence-corrected chi connectivity index (χ3v) is 17.4. The van der Waals surface area contributed by atoms with Gasteiger partial charge in [0.25, 0.3) is 0 Å². The minimum Gasteiger partial charge on any atom is -0.413 e. The van der Waals surface area contributed by atoms with Gasteiger partial charge in [-0.2, -0.15) is 0 Å². The Hall–Kier alpha value is -1.21. The number of aryl methyl sites for hydroxylation is 4. The zero-order valence-corrected chi connectivity index (χ0v) is 28.1. The van der Waals surface area contributed by atoms with Crippen molar-refractivity contribution in [2.45, 2.75) is 132 Å². The van der Waals surface area contributed by atoms with Crippen LogP contribution < -0.4 is 0 Å². The van der Waals surface area contributed by atoms with Crippen LogP contribution in [0.3, 0.4) is 0 Å². The minimum absolute atomic E-state index is 0.282. The summed E-state index contributed by atoms with van der Waals surface area (Å²) >= 11 is 0. The standard InChI is InChI=1S/2C16H28OSi/c1-8-15-10-9-14(11-13(15)2)12-17-18(6,7)16(3,4)5;1-8-14-9-10-15(13(2)11-14)12-17-18(6,7)16(3,4)5/h2*9-11H,8,12H2,1-7H3. The van der Waals surface area contributed by atoms with Crippen LogP contribution >= 0.6 is 0 Å². The van der Waals surface area contributed by atoms with Gasteiger partial charge in [-0.25, -0.2) is 0 Å². The largest absolute Gasteiger partial charge is 0.413 e. The van der Waals surface area contributed by atoms with Crippen LogP contribution in [0.4, 0.5) is 0 Å². The Bertz CT molecular complexity index is 963. The van der Waals surface area contributed by atoms with Crippen LogP contribution in [0.25, 0.3) is 0 Å². The minimum atomic E-state index is -1.63. The van der Waals surface area contributed by atoms with Crippen LogP contribution in [0.1, 0.15) is 88.8 Å². The van der Waals surface area contributed by atoms with E-state index in [1.54, 1.807) is 0 Å². The fourth-order valence-corrected chi connectivity index (χ4v) is 5.25. The molecule has 0 N–H and O–H groups in total. The summed E-state index contributed by atoms with van der Waals surface area (Å²) < 4.78 is 12.5. The molecule has 0 bridgehead atoms. The summed E-state index contributed by atoms with van der Waals surface area (Å²) in [5, 5.41) is 0.565. The molecule has 0 fully saturated rings. The second-order valence-corrected chi connectivity index (χ2v) is 22.9. The molecule has 0 unspecified atom stereocenters. The van der Waals surface area contributed by atoms with Gasteiger partial charge in [0.15, 0.2) is 16.6 Å². The summed E-state index contributed by atoms with van der Waals surface area (Å²) in [6, 6.07) is 13.4. The predicted molar refractivity (Wildman–Crippen MR) is 165 cm³/mol. The molecule has 0 aromatic heterocycles. The molecule has 2 aromatic rings. The van der Waals surface area contributed by atoms with Gasteiger partial charge in [0.2, 0.25) is 0 Å². The van der Waals surface area contributed by atoms with Crippen LogP contribution in [-0.2, 0) is 34.9 Å². The van der Waals surface area contributed by atoms with Gasteiger partial charge in [-0.15, -0.1) is 0 Å². The molecule has 0 heterocycles. The van der Waals surface area contributed by atoms with Crippen molar-refractivity contribution in [1.29, 1.82) is 0 Å². The first-order valence-electron chi connectivity index (χ1n) is 13.8. The summed E-state index contributed by atoms with van der Waals surface area (Å²) in [6.07, 6.45) is 2.21. The first-order valence-corrected chi connectivity index (χ1v) is 19.6. The van der Waals surface area contributed by atoms with E-state index in [4.69, 9.17) is 8.85 Å². The molecule has 0 spiro atoms. The van der Waals surface area contributed by atoms with E-state index < -0.39 is 16.6 Å². The second-order valence-electron chi connectivity index (χ2n) is 13.3. The summed E-state index contributed by atoms with van der Waals surface area (Å²) in [4.78, 5) is 0. The van der Waals surface area contributed by atoms with Crippen molar-refractivity contribution in [3.8, 4) is 0 Å². The Balaban J connectivity index is 0.000000360. The molecule has 0 amide bonds. The van der Waals surface area contributed by atoms with Gasteiger partial charge in [-0.1, -0.05) is 91.8 Å². The zero-order valence-electron chi connectivity index (χ0n) is 26.1. The van der Waals surface area contributed by atoms with Crippen molar-refractivity contribution in [1.82, 2.24) is 0 Å². The molecule has 0 saturated carbocycles. The monoisotopic (exact) mass is 528 g/mol. The Kier molecular flexibility index (Phi) is 11.9. The molecular weight excluding hydrogens is 473 g/mol. The van der Waals surface area contributed by atoms with Gasteiger partial charge in [0.05, 0.1) is 13.2 Å². The smallest absolute Gasteiger partial charge is 0.192 e. The van der Waals surface area contributed by atoms with E-state index in [-0.39, 0.29) is 10.1 Å². The maximum absolute atomic E-state index is 6.27. The summed E-state index contributed by atoms with van der Waals surface area (Å²) in [6.45, 7) is 33.2. The highest BCUT2D eigenvalue weighted by Crippen LogP contribution is 2.38. The van der Waals surface area contributed by atoms with Crippen molar-refractivity contribution < 1.29 is 8.85 Å². The Morgan fingerprint density at radius 2 is 1.00 bits per heavy atom. The van der Waals surface area contributed by atoms with Crippen molar-refractivity contribution in [3.05, 3.63) is 69.8 Å². The van der Waals surface area contributed by atoms with Gasteiger partial charge >= 0.3 is 0 Å². The van der Waals surface area contributed by atoms with E-state index >= 15 is 0 Å². The highest BCUT2D eigenvalue weighted by molar-refractivity contribution is 6.74. The zero-order chi connectivity index (χ0) is 27.9. The van der Waals surface area contributed by atoms with Crippen LogP contribution in [0.5, 0.6) is 0 Å². The van der Waals surface area contributed by atoms with Gasteiger partial charge in [-0.3, -0.25) is 0 Å². The maximum atomic E-state index is 6.27. The molecule has 0 radical (unpaired) electrons. The lowest BCUT2D eigenvalue weighted by molar-refractivity contribution is 0.275. The SMILES string of the molecule is CCc1ccc(CO[Si](C)(C)C(C)(C)C)c(C)c1.CCc1ccc(CO[Si](C)(C)C(C)(C)C)cc1C. The number of rotatable bonds is 8. The molecule has 2 aromatic carbocycles. The first-order chi connectivity index (χ1) is 16.3. The molecule has 204 valence electrons. The Morgan fingerprint density at radius 1 is 0.583 bits per heavy atom. The van der Waals surface area contributed by atoms with Gasteiger partial charge in [0.1, 0.15) is 0 Å². The molecule has 0 aliphatic rings. The van der Waals surface area contributed by atoms with E-state index in [1.807, 2.05) is 0 Å².